The van der Waals surface area contributed by atoms with Crippen LogP contribution in [0.2, 0.25) is 0 Å². The lowest BCUT2D eigenvalue weighted by molar-refractivity contribution is 0.357. The molecule has 1 saturated heterocycles. The summed E-state index contributed by atoms with van der Waals surface area (Å²) >= 11 is 5.52. The first-order valence-electron chi connectivity index (χ1n) is 8.34. The van der Waals surface area contributed by atoms with Gasteiger partial charge in [-0.25, -0.2) is 0 Å². The Hall–Kier alpha value is -2.66. The zero-order chi connectivity index (χ0) is 17.4. The molecule has 5 heteroatoms. The molecule has 0 saturated carbocycles. The minimum atomic E-state index is 0.0257. The van der Waals surface area contributed by atoms with Gasteiger partial charge in [-0.2, -0.15) is 0 Å². The minimum Gasteiger partial charge on any atom is -0.352 e. The van der Waals surface area contributed by atoms with Gasteiger partial charge in [-0.3, -0.25) is 4.98 Å². The molecule has 0 aliphatic carbocycles. The zero-order valence-electron chi connectivity index (χ0n) is 14.3. The van der Waals surface area contributed by atoms with Crippen LogP contribution in [0.5, 0.6) is 0 Å². The van der Waals surface area contributed by atoms with Gasteiger partial charge in [0.05, 0.1) is 17.8 Å². The maximum Gasteiger partial charge on any atom is 0.169 e. The lowest BCUT2D eigenvalue weighted by Crippen LogP contribution is -2.25. The first-order chi connectivity index (χ1) is 12.1. The summed E-state index contributed by atoms with van der Waals surface area (Å²) in [7, 11) is 2.04. The highest BCUT2D eigenvalue weighted by atomic mass is 32.1. The summed E-state index contributed by atoms with van der Waals surface area (Å²) in [5, 5.41) is 4.18. The Balaban J connectivity index is 1.78. The maximum absolute atomic E-state index is 5.52. The van der Waals surface area contributed by atoms with Gasteiger partial charge in [-0.1, -0.05) is 23.8 Å². The molecule has 1 aliphatic rings. The van der Waals surface area contributed by atoms with Crippen LogP contribution in [-0.4, -0.2) is 26.6 Å². The topological polar surface area (TPSA) is 33.1 Å². The van der Waals surface area contributed by atoms with Crippen LogP contribution in [0.25, 0.3) is 5.69 Å². The Morgan fingerprint density at radius 3 is 2.56 bits per heavy atom. The smallest absolute Gasteiger partial charge is 0.169 e. The second kappa shape index (κ2) is 6.33. The average Bonchev–Trinajstić information content (AvgIpc) is 3.22. The zero-order valence-corrected chi connectivity index (χ0v) is 15.1. The summed E-state index contributed by atoms with van der Waals surface area (Å²) in [6, 6.07) is 18.9. The lowest BCUT2D eigenvalue weighted by atomic mass is 10.0. The number of pyridine rings is 1. The number of likely N-dealkylation sites (N-methyl/N-ethyl adjacent to an activating group) is 1. The van der Waals surface area contributed by atoms with E-state index in [-0.39, 0.29) is 12.1 Å². The summed E-state index contributed by atoms with van der Waals surface area (Å²) in [5.74, 6) is 0. The van der Waals surface area contributed by atoms with Gasteiger partial charge in [0.15, 0.2) is 5.11 Å². The largest absolute Gasteiger partial charge is 0.352 e. The van der Waals surface area contributed by atoms with Crippen molar-refractivity contribution in [2.24, 2.45) is 0 Å². The molecule has 3 heterocycles. The van der Waals surface area contributed by atoms with E-state index in [1.165, 1.54) is 11.3 Å². The highest BCUT2D eigenvalue weighted by molar-refractivity contribution is 7.80. The van der Waals surface area contributed by atoms with Gasteiger partial charge in [0.2, 0.25) is 0 Å². The van der Waals surface area contributed by atoms with E-state index < -0.39 is 0 Å². The SMILES string of the molecule is Cc1ccc(-n2cccc2[C@H]2[C@H](c3ccccn3)NC(=S)N2C)cc1. The Kier molecular flexibility index (Phi) is 4.01. The van der Waals surface area contributed by atoms with Gasteiger partial charge < -0.3 is 14.8 Å². The third-order valence-corrected chi connectivity index (χ3v) is 5.14. The van der Waals surface area contributed by atoms with E-state index in [1.54, 1.807) is 0 Å². The Morgan fingerprint density at radius 2 is 1.84 bits per heavy atom. The van der Waals surface area contributed by atoms with E-state index in [4.69, 9.17) is 12.2 Å². The van der Waals surface area contributed by atoms with E-state index in [0.29, 0.717) is 0 Å². The van der Waals surface area contributed by atoms with Gasteiger partial charge >= 0.3 is 0 Å². The standard InChI is InChI=1S/C20H20N4S/c1-14-8-10-15(11-9-14)24-13-5-7-17(24)19-18(22-20(25)23(19)2)16-6-3-4-12-21-16/h3-13,18-19H,1-2H3,(H,22,25)/t18-,19-/m0/s1. The van der Waals surface area contributed by atoms with E-state index in [1.807, 2.05) is 31.4 Å². The molecule has 3 aromatic rings. The molecule has 25 heavy (non-hydrogen) atoms. The number of hydrogen-bond acceptors (Lipinski definition) is 2. The van der Waals surface area contributed by atoms with Crippen molar-refractivity contribution >= 4 is 17.3 Å². The van der Waals surface area contributed by atoms with Crippen molar-refractivity contribution in [2.75, 3.05) is 7.05 Å². The normalized spacial score (nSPS) is 19.9. The molecule has 2 aromatic heterocycles. The van der Waals surface area contributed by atoms with E-state index >= 15 is 0 Å². The third kappa shape index (κ3) is 2.81. The van der Waals surface area contributed by atoms with Crippen LogP contribution in [0.4, 0.5) is 0 Å². The highest BCUT2D eigenvalue weighted by Gasteiger charge is 2.39. The van der Waals surface area contributed by atoms with Gasteiger partial charge in [0.1, 0.15) is 0 Å². The van der Waals surface area contributed by atoms with Crippen LogP contribution < -0.4 is 5.32 Å². The Bertz CT molecular complexity index is 886. The van der Waals surface area contributed by atoms with E-state index in [9.17, 15) is 0 Å². The summed E-state index contributed by atoms with van der Waals surface area (Å²) in [6.45, 7) is 2.10. The molecular weight excluding hydrogens is 328 g/mol. The summed E-state index contributed by atoms with van der Waals surface area (Å²) < 4.78 is 2.23. The molecule has 0 radical (unpaired) electrons. The lowest BCUT2D eigenvalue weighted by Gasteiger charge is -2.25. The fourth-order valence-electron chi connectivity index (χ4n) is 3.40. The number of aromatic nitrogens is 2. The maximum atomic E-state index is 5.52. The van der Waals surface area contributed by atoms with Crippen LogP contribution in [0.3, 0.4) is 0 Å². The molecule has 1 aliphatic heterocycles. The number of rotatable bonds is 3. The van der Waals surface area contributed by atoms with Crippen molar-refractivity contribution in [1.82, 2.24) is 19.8 Å². The molecule has 1 N–H and O–H groups in total. The second-order valence-electron chi connectivity index (χ2n) is 6.38. The van der Waals surface area contributed by atoms with Gasteiger partial charge in [0.25, 0.3) is 0 Å². The number of benzene rings is 1. The highest BCUT2D eigenvalue weighted by Crippen LogP contribution is 2.38. The predicted molar refractivity (Wildman–Crippen MR) is 104 cm³/mol. The van der Waals surface area contributed by atoms with Crippen molar-refractivity contribution in [3.63, 3.8) is 0 Å². The van der Waals surface area contributed by atoms with Crippen molar-refractivity contribution < 1.29 is 0 Å². The minimum absolute atomic E-state index is 0.0257. The molecular formula is C20H20N4S. The van der Waals surface area contributed by atoms with E-state index in [2.05, 4.69) is 69.3 Å². The number of nitrogens with one attached hydrogen (secondary N) is 1. The summed E-state index contributed by atoms with van der Waals surface area (Å²) in [5.41, 5.74) is 4.59. The van der Waals surface area contributed by atoms with Crippen LogP contribution in [0.1, 0.15) is 29.0 Å². The van der Waals surface area contributed by atoms with E-state index in [0.717, 1.165) is 16.5 Å². The van der Waals surface area contributed by atoms with Crippen molar-refractivity contribution in [2.45, 2.75) is 19.0 Å². The molecule has 0 amide bonds. The van der Waals surface area contributed by atoms with Crippen molar-refractivity contribution in [1.29, 1.82) is 0 Å². The van der Waals surface area contributed by atoms with Crippen LogP contribution in [0.15, 0.2) is 67.0 Å². The monoisotopic (exact) mass is 348 g/mol. The van der Waals surface area contributed by atoms with Gasteiger partial charge in [-0.05, 0) is 55.5 Å². The van der Waals surface area contributed by atoms with Crippen molar-refractivity contribution in [3.8, 4) is 5.69 Å². The quantitative estimate of drug-likeness (QED) is 0.730. The van der Waals surface area contributed by atoms with Crippen LogP contribution >= 0.6 is 12.2 Å². The molecule has 4 rings (SSSR count). The predicted octanol–water partition coefficient (Wildman–Crippen LogP) is 3.78. The number of thiocarbonyl (C=S) groups is 1. The molecule has 126 valence electrons. The van der Waals surface area contributed by atoms with Crippen LogP contribution in [0, 0.1) is 6.92 Å². The Morgan fingerprint density at radius 1 is 1.04 bits per heavy atom. The van der Waals surface area contributed by atoms with Gasteiger partial charge in [-0.15, -0.1) is 0 Å². The fourth-order valence-corrected chi connectivity index (χ4v) is 3.64. The number of nitrogens with zero attached hydrogens (tertiary/aromatic N) is 3. The molecule has 2 atom stereocenters. The number of hydrogen-bond donors (Lipinski definition) is 1. The molecule has 4 nitrogen and oxygen atoms in total. The summed E-state index contributed by atoms with van der Waals surface area (Å²) in [4.78, 5) is 6.67. The molecule has 0 unspecified atom stereocenters. The molecule has 1 aromatic carbocycles. The van der Waals surface area contributed by atoms with Crippen LogP contribution in [-0.2, 0) is 0 Å². The Labute approximate surface area is 153 Å². The third-order valence-electron chi connectivity index (χ3n) is 4.73. The average molecular weight is 348 g/mol. The molecule has 0 bridgehead atoms. The first-order valence-corrected chi connectivity index (χ1v) is 8.74. The molecule has 1 fully saturated rings. The second-order valence-corrected chi connectivity index (χ2v) is 6.76. The fraction of sp³-hybridized carbons (Fsp3) is 0.200. The first kappa shape index (κ1) is 15.8. The molecule has 0 spiro atoms. The summed E-state index contributed by atoms with van der Waals surface area (Å²) in [6.07, 6.45) is 3.93. The van der Waals surface area contributed by atoms with Gasteiger partial charge in [0, 0.05) is 30.8 Å². The number of aryl methyl sites for hydroxylation is 1. The van der Waals surface area contributed by atoms with Crippen molar-refractivity contribution in [3.05, 3.63) is 83.9 Å².